The fourth-order valence-electron chi connectivity index (χ4n) is 3.18. The topological polar surface area (TPSA) is 29.5 Å². The SMILES string of the molecule is CCOc1cccc(C[C@@H]2C(=O)N(CC)c3ccc(Br)cc32)c1. The lowest BCUT2D eigenvalue weighted by Crippen LogP contribution is -2.29. The fraction of sp³-hybridized carbons (Fsp3) is 0.316. The van der Waals surface area contributed by atoms with Gasteiger partial charge >= 0.3 is 0 Å². The van der Waals surface area contributed by atoms with Crippen molar-refractivity contribution in [3.8, 4) is 5.75 Å². The molecular formula is C19H20BrNO2. The molecule has 0 bridgehead atoms. The Kier molecular flexibility index (Phi) is 4.71. The highest BCUT2D eigenvalue weighted by atomic mass is 79.9. The van der Waals surface area contributed by atoms with Crippen molar-refractivity contribution >= 4 is 27.5 Å². The number of benzene rings is 2. The largest absolute Gasteiger partial charge is 0.494 e. The molecule has 1 heterocycles. The standard InChI is InChI=1S/C19H20BrNO2/c1-3-21-18-9-8-14(20)12-16(18)17(19(21)22)11-13-6-5-7-15(10-13)23-4-2/h5-10,12,17H,3-4,11H2,1-2H3/t17-/m0/s1. The molecule has 0 saturated carbocycles. The van der Waals surface area contributed by atoms with Crippen LogP contribution in [0.5, 0.6) is 5.75 Å². The molecule has 0 spiro atoms. The van der Waals surface area contributed by atoms with Crippen LogP contribution in [0, 0.1) is 0 Å². The maximum atomic E-state index is 12.8. The van der Waals surface area contributed by atoms with Crippen LogP contribution in [0.1, 0.15) is 30.9 Å². The van der Waals surface area contributed by atoms with Crippen LogP contribution in [0.15, 0.2) is 46.9 Å². The van der Waals surface area contributed by atoms with Crippen molar-refractivity contribution in [3.05, 3.63) is 58.1 Å². The Labute approximate surface area is 145 Å². The van der Waals surface area contributed by atoms with E-state index in [0.717, 1.165) is 27.0 Å². The summed E-state index contributed by atoms with van der Waals surface area (Å²) in [6.07, 6.45) is 0.694. The number of carbonyl (C=O) groups excluding carboxylic acids is 1. The molecule has 4 heteroatoms. The molecule has 0 saturated heterocycles. The minimum atomic E-state index is -0.126. The molecule has 0 fully saturated rings. The van der Waals surface area contributed by atoms with Gasteiger partial charge in [-0.1, -0.05) is 28.1 Å². The molecule has 0 aliphatic carbocycles. The van der Waals surface area contributed by atoms with Crippen LogP contribution in [0.2, 0.25) is 0 Å². The van der Waals surface area contributed by atoms with Gasteiger partial charge in [0.15, 0.2) is 0 Å². The molecule has 2 aromatic rings. The van der Waals surface area contributed by atoms with Crippen LogP contribution >= 0.6 is 15.9 Å². The average molecular weight is 374 g/mol. The zero-order chi connectivity index (χ0) is 16.4. The second-order valence-electron chi connectivity index (χ2n) is 5.62. The van der Waals surface area contributed by atoms with E-state index in [-0.39, 0.29) is 11.8 Å². The van der Waals surface area contributed by atoms with Gasteiger partial charge in [0.1, 0.15) is 5.75 Å². The molecule has 1 aliphatic rings. The first-order valence-electron chi connectivity index (χ1n) is 7.96. The maximum Gasteiger partial charge on any atom is 0.234 e. The Morgan fingerprint density at radius 2 is 2.00 bits per heavy atom. The van der Waals surface area contributed by atoms with Crippen molar-refractivity contribution in [1.82, 2.24) is 0 Å². The summed E-state index contributed by atoms with van der Waals surface area (Å²) in [5, 5.41) is 0. The molecule has 1 aliphatic heterocycles. The van der Waals surface area contributed by atoms with Gasteiger partial charge in [0.25, 0.3) is 0 Å². The number of fused-ring (bicyclic) bond motifs is 1. The number of halogens is 1. The Bertz CT molecular complexity index is 729. The van der Waals surface area contributed by atoms with E-state index in [2.05, 4.69) is 28.1 Å². The van der Waals surface area contributed by atoms with Gasteiger partial charge < -0.3 is 9.64 Å². The molecule has 1 atom stereocenters. The van der Waals surface area contributed by atoms with Gasteiger partial charge in [0.2, 0.25) is 5.91 Å². The zero-order valence-corrected chi connectivity index (χ0v) is 15.0. The van der Waals surface area contributed by atoms with Crippen molar-refractivity contribution in [2.45, 2.75) is 26.2 Å². The summed E-state index contributed by atoms with van der Waals surface area (Å²) in [7, 11) is 0. The molecular weight excluding hydrogens is 354 g/mol. The lowest BCUT2D eigenvalue weighted by atomic mass is 9.93. The quantitative estimate of drug-likeness (QED) is 0.769. The van der Waals surface area contributed by atoms with Crippen LogP contribution in [0.3, 0.4) is 0 Å². The fourth-order valence-corrected chi connectivity index (χ4v) is 3.56. The van der Waals surface area contributed by atoms with Crippen molar-refractivity contribution < 1.29 is 9.53 Å². The Balaban J connectivity index is 1.92. The number of carbonyl (C=O) groups is 1. The van der Waals surface area contributed by atoms with E-state index >= 15 is 0 Å². The van der Waals surface area contributed by atoms with Crippen molar-refractivity contribution in [2.24, 2.45) is 0 Å². The molecule has 3 rings (SSSR count). The molecule has 2 aromatic carbocycles. The van der Waals surface area contributed by atoms with Crippen LogP contribution in [0.4, 0.5) is 5.69 Å². The number of rotatable bonds is 5. The third kappa shape index (κ3) is 3.13. The van der Waals surface area contributed by atoms with E-state index < -0.39 is 0 Å². The highest BCUT2D eigenvalue weighted by Gasteiger charge is 2.36. The van der Waals surface area contributed by atoms with E-state index in [1.165, 1.54) is 0 Å². The van der Waals surface area contributed by atoms with Gasteiger partial charge in [-0.2, -0.15) is 0 Å². The monoisotopic (exact) mass is 373 g/mol. The van der Waals surface area contributed by atoms with E-state index in [1.54, 1.807) is 0 Å². The van der Waals surface area contributed by atoms with Crippen LogP contribution < -0.4 is 9.64 Å². The van der Waals surface area contributed by atoms with Gasteiger partial charge in [0, 0.05) is 16.7 Å². The molecule has 0 radical (unpaired) electrons. The number of hydrogen-bond acceptors (Lipinski definition) is 2. The van der Waals surface area contributed by atoms with Crippen LogP contribution in [-0.4, -0.2) is 19.1 Å². The number of amides is 1. The summed E-state index contributed by atoms with van der Waals surface area (Å²) in [6, 6.07) is 14.1. The van der Waals surface area contributed by atoms with Crippen LogP contribution in [-0.2, 0) is 11.2 Å². The maximum absolute atomic E-state index is 12.8. The van der Waals surface area contributed by atoms with Crippen LogP contribution in [0.25, 0.3) is 0 Å². The summed E-state index contributed by atoms with van der Waals surface area (Å²) in [5.41, 5.74) is 3.26. The minimum absolute atomic E-state index is 0.126. The molecule has 1 amide bonds. The van der Waals surface area contributed by atoms with E-state index in [0.29, 0.717) is 19.6 Å². The number of anilines is 1. The number of hydrogen-bond donors (Lipinski definition) is 0. The highest BCUT2D eigenvalue weighted by Crippen LogP contribution is 2.40. The first-order valence-corrected chi connectivity index (χ1v) is 8.76. The molecule has 120 valence electrons. The highest BCUT2D eigenvalue weighted by molar-refractivity contribution is 9.10. The normalized spacial score (nSPS) is 16.6. The van der Waals surface area contributed by atoms with E-state index in [4.69, 9.17) is 4.74 Å². The molecule has 0 unspecified atom stereocenters. The Morgan fingerprint density at radius 3 is 2.74 bits per heavy atom. The molecule has 3 nitrogen and oxygen atoms in total. The molecule has 23 heavy (non-hydrogen) atoms. The number of nitrogens with zero attached hydrogens (tertiary/aromatic N) is 1. The first-order chi connectivity index (χ1) is 11.1. The predicted octanol–water partition coefficient (Wildman–Crippen LogP) is 4.54. The van der Waals surface area contributed by atoms with Gasteiger partial charge in [-0.25, -0.2) is 0 Å². The summed E-state index contributed by atoms with van der Waals surface area (Å²) in [4.78, 5) is 14.7. The van der Waals surface area contributed by atoms with Gasteiger partial charge in [-0.15, -0.1) is 0 Å². The summed E-state index contributed by atoms with van der Waals surface area (Å²) in [5.74, 6) is 0.916. The lowest BCUT2D eigenvalue weighted by molar-refractivity contribution is -0.119. The second-order valence-corrected chi connectivity index (χ2v) is 6.54. The Morgan fingerprint density at radius 1 is 1.17 bits per heavy atom. The Hall–Kier alpha value is -1.81. The number of ether oxygens (including phenoxy) is 1. The van der Waals surface area contributed by atoms with Crippen molar-refractivity contribution in [3.63, 3.8) is 0 Å². The smallest absolute Gasteiger partial charge is 0.234 e. The molecule has 0 aromatic heterocycles. The van der Waals surface area contributed by atoms with Crippen molar-refractivity contribution in [1.29, 1.82) is 0 Å². The average Bonchev–Trinajstić information content (AvgIpc) is 2.79. The van der Waals surface area contributed by atoms with Gasteiger partial charge in [-0.3, -0.25) is 4.79 Å². The summed E-state index contributed by atoms with van der Waals surface area (Å²) < 4.78 is 6.58. The summed E-state index contributed by atoms with van der Waals surface area (Å²) in [6.45, 7) is 5.33. The van der Waals surface area contributed by atoms with E-state index in [9.17, 15) is 4.79 Å². The first kappa shape index (κ1) is 16.1. The second kappa shape index (κ2) is 6.75. The third-order valence-electron chi connectivity index (χ3n) is 4.19. The molecule has 0 N–H and O–H groups in total. The zero-order valence-electron chi connectivity index (χ0n) is 13.4. The summed E-state index contributed by atoms with van der Waals surface area (Å²) >= 11 is 3.52. The predicted molar refractivity (Wildman–Crippen MR) is 96.2 cm³/mol. The number of likely N-dealkylation sites (N-methyl/N-ethyl adjacent to an activating group) is 1. The third-order valence-corrected chi connectivity index (χ3v) is 4.68. The van der Waals surface area contributed by atoms with Gasteiger partial charge in [-0.05, 0) is 61.7 Å². The van der Waals surface area contributed by atoms with E-state index in [1.807, 2.05) is 49.1 Å². The lowest BCUT2D eigenvalue weighted by Gasteiger charge is -2.15. The van der Waals surface area contributed by atoms with Gasteiger partial charge in [0.05, 0.1) is 12.5 Å². The van der Waals surface area contributed by atoms with Crippen molar-refractivity contribution in [2.75, 3.05) is 18.1 Å². The minimum Gasteiger partial charge on any atom is -0.494 e.